The fraction of sp³-hybridized carbons (Fsp3) is 0.235. The summed E-state index contributed by atoms with van der Waals surface area (Å²) in [6.07, 6.45) is 1.27. The molecule has 2 aromatic rings. The molecule has 1 aliphatic heterocycles. The third-order valence-corrected chi connectivity index (χ3v) is 5.76. The van der Waals surface area contributed by atoms with Gasteiger partial charge in [0.05, 0.1) is 10.6 Å². The maximum absolute atomic E-state index is 13.4. The van der Waals surface area contributed by atoms with E-state index in [4.69, 9.17) is 0 Å². The maximum atomic E-state index is 13.4. The van der Waals surface area contributed by atoms with Gasteiger partial charge in [-0.25, -0.2) is 12.8 Å². The van der Waals surface area contributed by atoms with Crippen LogP contribution < -0.4 is 4.31 Å². The van der Waals surface area contributed by atoms with Gasteiger partial charge in [0.1, 0.15) is 5.82 Å². The van der Waals surface area contributed by atoms with Gasteiger partial charge in [0.2, 0.25) is 0 Å². The molecule has 23 heavy (non-hydrogen) atoms. The van der Waals surface area contributed by atoms with E-state index >= 15 is 0 Å². The molecule has 6 heteroatoms. The number of anilines is 1. The van der Waals surface area contributed by atoms with Crippen molar-refractivity contribution in [1.29, 1.82) is 0 Å². The lowest BCUT2D eigenvalue weighted by Crippen LogP contribution is -2.35. The van der Waals surface area contributed by atoms with E-state index < -0.39 is 10.0 Å². The normalized spacial score (nSPS) is 14.4. The first kappa shape index (κ1) is 15.7. The number of ketones is 1. The van der Waals surface area contributed by atoms with Crippen molar-refractivity contribution in [2.75, 3.05) is 10.8 Å². The van der Waals surface area contributed by atoms with Crippen LogP contribution in [-0.2, 0) is 16.4 Å². The quantitative estimate of drug-likeness (QED) is 0.811. The zero-order valence-electron chi connectivity index (χ0n) is 12.6. The SMILES string of the molecule is CC(=O)c1cccc(S(=O)(=O)N2CCCc3cc(F)ccc32)c1. The Labute approximate surface area is 134 Å². The smallest absolute Gasteiger partial charge is 0.264 e. The fourth-order valence-electron chi connectivity index (χ4n) is 2.78. The van der Waals surface area contributed by atoms with E-state index in [-0.39, 0.29) is 16.5 Å². The molecule has 3 rings (SSSR count). The third kappa shape index (κ3) is 2.86. The van der Waals surface area contributed by atoms with Crippen LogP contribution >= 0.6 is 0 Å². The highest BCUT2D eigenvalue weighted by Crippen LogP contribution is 2.32. The van der Waals surface area contributed by atoms with Gasteiger partial charge in [-0.2, -0.15) is 0 Å². The van der Waals surface area contributed by atoms with Crippen molar-refractivity contribution in [1.82, 2.24) is 0 Å². The number of fused-ring (bicyclic) bond motifs is 1. The van der Waals surface area contributed by atoms with E-state index in [1.165, 1.54) is 41.6 Å². The molecule has 2 aromatic carbocycles. The molecular weight excluding hydrogens is 317 g/mol. The lowest BCUT2D eigenvalue weighted by molar-refractivity contribution is 0.101. The van der Waals surface area contributed by atoms with Crippen LogP contribution in [0.15, 0.2) is 47.4 Å². The summed E-state index contributed by atoms with van der Waals surface area (Å²) < 4.78 is 40.5. The first-order valence-corrected chi connectivity index (χ1v) is 8.76. The summed E-state index contributed by atoms with van der Waals surface area (Å²) in [4.78, 5) is 11.6. The minimum Gasteiger partial charge on any atom is -0.295 e. The van der Waals surface area contributed by atoms with Crippen LogP contribution in [0.5, 0.6) is 0 Å². The van der Waals surface area contributed by atoms with Crippen LogP contribution in [0.3, 0.4) is 0 Å². The maximum Gasteiger partial charge on any atom is 0.264 e. The molecule has 0 unspecified atom stereocenters. The topological polar surface area (TPSA) is 54.5 Å². The first-order chi connectivity index (χ1) is 10.9. The molecule has 0 fully saturated rings. The van der Waals surface area contributed by atoms with E-state index in [1.807, 2.05) is 0 Å². The zero-order valence-corrected chi connectivity index (χ0v) is 13.4. The lowest BCUT2D eigenvalue weighted by atomic mass is 10.0. The lowest BCUT2D eigenvalue weighted by Gasteiger charge is -2.30. The van der Waals surface area contributed by atoms with Crippen molar-refractivity contribution in [2.24, 2.45) is 0 Å². The Hall–Kier alpha value is -2.21. The van der Waals surface area contributed by atoms with Crippen molar-refractivity contribution >= 4 is 21.5 Å². The molecule has 0 atom stereocenters. The fourth-order valence-corrected chi connectivity index (χ4v) is 4.37. The van der Waals surface area contributed by atoms with Gasteiger partial charge in [0.15, 0.2) is 5.78 Å². The highest BCUT2D eigenvalue weighted by Gasteiger charge is 2.29. The van der Waals surface area contributed by atoms with Crippen LogP contribution in [0, 0.1) is 5.82 Å². The summed E-state index contributed by atoms with van der Waals surface area (Å²) in [6.45, 7) is 1.73. The summed E-state index contributed by atoms with van der Waals surface area (Å²) in [5.41, 5.74) is 1.54. The second-order valence-corrected chi connectivity index (χ2v) is 7.40. The molecule has 0 amide bonds. The van der Waals surface area contributed by atoms with E-state index in [0.29, 0.717) is 36.2 Å². The summed E-state index contributed by atoms with van der Waals surface area (Å²) in [6, 6.07) is 10.1. The summed E-state index contributed by atoms with van der Waals surface area (Å²) >= 11 is 0. The predicted octanol–water partition coefficient (Wildman–Crippen LogP) is 3.17. The van der Waals surface area contributed by atoms with Gasteiger partial charge in [-0.1, -0.05) is 12.1 Å². The van der Waals surface area contributed by atoms with Crippen molar-refractivity contribution in [3.8, 4) is 0 Å². The van der Waals surface area contributed by atoms with E-state index in [9.17, 15) is 17.6 Å². The van der Waals surface area contributed by atoms with Gasteiger partial charge in [-0.15, -0.1) is 0 Å². The molecule has 0 saturated carbocycles. The van der Waals surface area contributed by atoms with Crippen molar-refractivity contribution in [3.63, 3.8) is 0 Å². The molecule has 0 spiro atoms. The molecule has 1 heterocycles. The average Bonchev–Trinajstić information content (AvgIpc) is 2.54. The molecule has 120 valence electrons. The zero-order chi connectivity index (χ0) is 16.6. The monoisotopic (exact) mass is 333 g/mol. The number of benzene rings is 2. The highest BCUT2D eigenvalue weighted by atomic mass is 32.2. The Bertz CT molecular complexity index is 877. The number of carbonyl (C=O) groups excluding carboxylic acids is 1. The standard InChI is InChI=1S/C17H16FNO3S/c1-12(20)13-4-2-6-16(11-13)23(21,22)19-9-3-5-14-10-15(18)7-8-17(14)19/h2,4,6-8,10-11H,3,5,9H2,1H3. The molecular formula is C17H16FNO3S. The number of carbonyl (C=O) groups is 1. The number of halogens is 1. The largest absolute Gasteiger partial charge is 0.295 e. The second-order valence-electron chi connectivity index (χ2n) is 5.54. The third-order valence-electron chi connectivity index (χ3n) is 3.95. The van der Waals surface area contributed by atoms with E-state index in [2.05, 4.69) is 0 Å². The van der Waals surface area contributed by atoms with Gasteiger partial charge in [0.25, 0.3) is 10.0 Å². The molecule has 0 N–H and O–H groups in total. The van der Waals surface area contributed by atoms with Gasteiger partial charge in [-0.05, 0) is 55.7 Å². The predicted molar refractivity (Wildman–Crippen MR) is 85.7 cm³/mol. The molecule has 0 saturated heterocycles. The molecule has 0 radical (unpaired) electrons. The number of hydrogen-bond donors (Lipinski definition) is 0. The molecule has 0 bridgehead atoms. The minimum absolute atomic E-state index is 0.0716. The van der Waals surface area contributed by atoms with Crippen LogP contribution in [0.1, 0.15) is 29.3 Å². The first-order valence-electron chi connectivity index (χ1n) is 7.32. The molecule has 4 nitrogen and oxygen atoms in total. The van der Waals surface area contributed by atoms with Gasteiger partial charge in [0, 0.05) is 12.1 Å². The molecule has 0 aromatic heterocycles. The Morgan fingerprint density at radius 3 is 2.70 bits per heavy atom. The molecule has 1 aliphatic rings. The molecule has 0 aliphatic carbocycles. The average molecular weight is 333 g/mol. The number of rotatable bonds is 3. The van der Waals surface area contributed by atoms with E-state index in [0.717, 1.165) is 0 Å². The number of nitrogens with zero attached hydrogens (tertiary/aromatic N) is 1. The number of aryl methyl sites for hydroxylation is 1. The summed E-state index contributed by atoms with van der Waals surface area (Å²) in [7, 11) is -3.79. The van der Waals surface area contributed by atoms with Crippen LogP contribution in [0.25, 0.3) is 0 Å². The Morgan fingerprint density at radius 1 is 1.17 bits per heavy atom. The number of Topliss-reactive ketones (excluding diaryl/α,β-unsaturated/α-hetero) is 1. The van der Waals surface area contributed by atoms with Gasteiger partial charge < -0.3 is 0 Å². The minimum atomic E-state index is -3.79. The van der Waals surface area contributed by atoms with Gasteiger partial charge >= 0.3 is 0 Å². The van der Waals surface area contributed by atoms with Gasteiger partial charge in [-0.3, -0.25) is 9.10 Å². The summed E-state index contributed by atoms with van der Waals surface area (Å²) in [5, 5.41) is 0. The second kappa shape index (κ2) is 5.77. The summed E-state index contributed by atoms with van der Waals surface area (Å²) in [5.74, 6) is -0.565. The van der Waals surface area contributed by atoms with Crippen molar-refractivity contribution < 1.29 is 17.6 Å². The number of sulfonamides is 1. The van der Waals surface area contributed by atoms with Crippen molar-refractivity contribution in [2.45, 2.75) is 24.7 Å². The Morgan fingerprint density at radius 2 is 1.96 bits per heavy atom. The van der Waals surface area contributed by atoms with Crippen molar-refractivity contribution in [3.05, 3.63) is 59.4 Å². The van der Waals surface area contributed by atoms with Crippen LogP contribution in [0.2, 0.25) is 0 Å². The van der Waals surface area contributed by atoms with Crippen LogP contribution in [0.4, 0.5) is 10.1 Å². The number of hydrogen-bond acceptors (Lipinski definition) is 3. The van der Waals surface area contributed by atoms with Crippen LogP contribution in [-0.4, -0.2) is 20.7 Å². The van der Waals surface area contributed by atoms with E-state index in [1.54, 1.807) is 12.1 Å². The highest BCUT2D eigenvalue weighted by molar-refractivity contribution is 7.92. The Balaban J connectivity index is 2.08. The Kier molecular flexibility index (Phi) is 3.93.